The summed E-state index contributed by atoms with van der Waals surface area (Å²) in [6.45, 7) is 2.80. The van der Waals surface area contributed by atoms with Crippen molar-refractivity contribution in [1.29, 1.82) is 0 Å². The molecule has 1 N–H and O–H groups in total. The van der Waals surface area contributed by atoms with E-state index in [2.05, 4.69) is 34.5 Å². The normalized spacial score (nSPS) is 10.3. The maximum Gasteiger partial charge on any atom is 0.195 e. The number of hydrogen-bond acceptors (Lipinski definition) is 3. The minimum absolute atomic E-state index is 0.844. The maximum atomic E-state index is 5.58. The molecule has 2 rings (SSSR count). The first kappa shape index (κ1) is 11.6. The van der Waals surface area contributed by atoms with Gasteiger partial charge in [0, 0.05) is 32.4 Å². The van der Waals surface area contributed by atoms with Gasteiger partial charge in [0.25, 0.3) is 0 Å². The van der Waals surface area contributed by atoms with E-state index in [4.69, 9.17) is 4.42 Å². The Morgan fingerprint density at radius 3 is 2.35 bits per heavy atom. The van der Waals surface area contributed by atoms with Gasteiger partial charge in [0.1, 0.15) is 5.76 Å². The molecule has 1 aromatic carbocycles. The van der Waals surface area contributed by atoms with Gasteiger partial charge in [-0.15, -0.1) is 0 Å². The van der Waals surface area contributed by atoms with Gasteiger partial charge in [-0.3, -0.25) is 0 Å². The molecular formula is C14H18N2O. The molecule has 2 aromatic rings. The number of rotatable bonds is 4. The highest BCUT2D eigenvalue weighted by Crippen LogP contribution is 2.19. The van der Waals surface area contributed by atoms with Gasteiger partial charge in [0.15, 0.2) is 5.88 Å². The van der Waals surface area contributed by atoms with Crippen molar-refractivity contribution in [1.82, 2.24) is 0 Å². The molecule has 0 radical (unpaired) electrons. The lowest BCUT2D eigenvalue weighted by Gasteiger charge is -2.16. The zero-order chi connectivity index (χ0) is 12.3. The summed E-state index contributed by atoms with van der Waals surface area (Å²) in [6, 6.07) is 12.4. The second-order valence-electron chi connectivity index (χ2n) is 4.19. The van der Waals surface area contributed by atoms with Crippen LogP contribution in [0.3, 0.4) is 0 Å². The third-order valence-electron chi connectivity index (χ3n) is 2.76. The minimum atomic E-state index is 0.844. The molecule has 0 aliphatic carbocycles. The van der Waals surface area contributed by atoms with Gasteiger partial charge >= 0.3 is 0 Å². The standard InChI is InChI=1S/C14H18N2O/c1-11-4-9-14(17-11)16(3)10-12-5-7-13(15-2)8-6-12/h4-9,15H,10H2,1-3H3. The lowest BCUT2D eigenvalue weighted by Crippen LogP contribution is -2.15. The van der Waals surface area contributed by atoms with Crippen LogP contribution in [0.25, 0.3) is 0 Å². The number of hydrogen-bond donors (Lipinski definition) is 1. The zero-order valence-electron chi connectivity index (χ0n) is 10.5. The molecule has 3 heteroatoms. The highest BCUT2D eigenvalue weighted by Gasteiger charge is 2.05. The van der Waals surface area contributed by atoms with E-state index in [1.165, 1.54) is 5.56 Å². The monoisotopic (exact) mass is 230 g/mol. The summed E-state index contributed by atoms with van der Waals surface area (Å²) < 4.78 is 5.58. The van der Waals surface area contributed by atoms with E-state index in [1.54, 1.807) is 0 Å². The molecule has 0 aliphatic heterocycles. The van der Waals surface area contributed by atoms with Crippen LogP contribution in [-0.2, 0) is 6.54 Å². The van der Waals surface area contributed by atoms with Crippen molar-refractivity contribution in [2.24, 2.45) is 0 Å². The fourth-order valence-corrected chi connectivity index (χ4v) is 1.76. The van der Waals surface area contributed by atoms with Crippen molar-refractivity contribution < 1.29 is 4.42 Å². The lowest BCUT2D eigenvalue weighted by molar-refractivity contribution is 0.525. The van der Waals surface area contributed by atoms with Crippen LogP contribution < -0.4 is 10.2 Å². The second kappa shape index (κ2) is 4.95. The number of anilines is 2. The van der Waals surface area contributed by atoms with Crippen molar-refractivity contribution in [3.8, 4) is 0 Å². The van der Waals surface area contributed by atoms with Crippen LogP contribution in [0.5, 0.6) is 0 Å². The van der Waals surface area contributed by atoms with E-state index in [0.29, 0.717) is 0 Å². The molecule has 0 saturated heterocycles. The van der Waals surface area contributed by atoms with Crippen LogP contribution in [0.2, 0.25) is 0 Å². The van der Waals surface area contributed by atoms with Gasteiger partial charge in [-0.25, -0.2) is 0 Å². The summed E-state index contributed by atoms with van der Waals surface area (Å²) in [6.07, 6.45) is 0. The van der Waals surface area contributed by atoms with Crippen molar-refractivity contribution in [2.75, 3.05) is 24.3 Å². The van der Waals surface area contributed by atoms with Gasteiger partial charge in [-0.1, -0.05) is 12.1 Å². The third-order valence-corrected chi connectivity index (χ3v) is 2.76. The first-order chi connectivity index (χ1) is 8.19. The Morgan fingerprint density at radius 1 is 1.12 bits per heavy atom. The van der Waals surface area contributed by atoms with Gasteiger partial charge < -0.3 is 14.6 Å². The van der Waals surface area contributed by atoms with E-state index in [-0.39, 0.29) is 0 Å². The molecule has 0 amide bonds. The third kappa shape index (κ3) is 2.81. The Kier molecular flexibility index (Phi) is 3.38. The SMILES string of the molecule is CNc1ccc(CN(C)c2ccc(C)o2)cc1. The fraction of sp³-hybridized carbons (Fsp3) is 0.286. The average molecular weight is 230 g/mol. The molecule has 0 saturated carbocycles. The highest BCUT2D eigenvalue weighted by atomic mass is 16.4. The van der Waals surface area contributed by atoms with Crippen molar-refractivity contribution in [3.05, 3.63) is 47.7 Å². The molecule has 0 bridgehead atoms. The molecule has 3 nitrogen and oxygen atoms in total. The minimum Gasteiger partial charge on any atom is -0.446 e. The van der Waals surface area contributed by atoms with Crippen LogP contribution >= 0.6 is 0 Å². The molecule has 0 unspecified atom stereocenters. The Balaban J connectivity index is 2.04. The summed E-state index contributed by atoms with van der Waals surface area (Å²) in [4.78, 5) is 2.10. The molecule has 0 fully saturated rings. The number of aryl methyl sites for hydroxylation is 1. The predicted octanol–water partition coefficient (Wildman–Crippen LogP) is 3.27. The van der Waals surface area contributed by atoms with Gasteiger partial charge in [-0.05, 0) is 30.7 Å². The van der Waals surface area contributed by atoms with E-state index in [9.17, 15) is 0 Å². The van der Waals surface area contributed by atoms with Crippen LogP contribution in [0.4, 0.5) is 11.6 Å². The number of nitrogens with zero attached hydrogens (tertiary/aromatic N) is 1. The number of furan rings is 1. The second-order valence-corrected chi connectivity index (χ2v) is 4.19. The van der Waals surface area contributed by atoms with Crippen LogP contribution in [0.1, 0.15) is 11.3 Å². The smallest absolute Gasteiger partial charge is 0.195 e. The molecule has 90 valence electrons. The largest absolute Gasteiger partial charge is 0.446 e. The number of nitrogens with one attached hydrogen (secondary N) is 1. The van der Waals surface area contributed by atoms with Gasteiger partial charge in [0.05, 0.1) is 0 Å². The summed E-state index contributed by atoms with van der Waals surface area (Å²) >= 11 is 0. The van der Waals surface area contributed by atoms with Crippen LogP contribution in [0.15, 0.2) is 40.8 Å². The predicted molar refractivity (Wildman–Crippen MR) is 71.5 cm³/mol. The zero-order valence-corrected chi connectivity index (χ0v) is 10.5. The van der Waals surface area contributed by atoms with Crippen molar-refractivity contribution in [2.45, 2.75) is 13.5 Å². The lowest BCUT2D eigenvalue weighted by atomic mass is 10.2. The van der Waals surface area contributed by atoms with Crippen molar-refractivity contribution in [3.63, 3.8) is 0 Å². The molecule has 0 aliphatic rings. The molecule has 17 heavy (non-hydrogen) atoms. The average Bonchev–Trinajstić information content (AvgIpc) is 2.77. The van der Waals surface area contributed by atoms with Crippen molar-refractivity contribution >= 4 is 11.6 Å². The highest BCUT2D eigenvalue weighted by molar-refractivity contribution is 5.45. The van der Waals surface area contributed by atoms with Gasteiger partial charge in [0.2, 0.25) is 0 Å². The summed E-state index contributed by atoms with van der Waals surface area (Å²) in [5, 5.41) is 3.11. The van der Waals surface area contributed by atoms with E-state index in [0.717, 1.165) is 23.9 Å². The van der Waals surface area contributed by atoms with Gasteiger partial charge in [-0.2, -0.15) is 0 Å². The van der Waals surface area contributed by atoms with E-state index < -0.39 is 0 Å². The first-order valence-corrected chi connectivity index (χ1v) is 5.73. The molecular weight excluding hydrogens is 212 g/mol. The summed E-state index contributed by atoms with van der Waals surface area (Å²) in [5.74, 6) is 1.84. The molecule has 0 atom stereocenters. The Labute approximate surface area is 102 Å². The Hall–Kier alpha value is -1.90. The fourth-order valence-electron chi connectivity index (χ4n) is 1.76. The quantitative estimate of drug-likeness (QED) is 0.873. The maximum absolute atomic E-state index is 5.58. The van der Waals surface area contributed by atoms with E-state index >= 15 is 0 Å². The molecule has 0 spiro atoms. The Morgan fingerprint density at radius 2 is 1.82 bits per heavy atom. The topological polar surface area (TPSA) is 28.4 Å². The molecule has 1 heterocycles. The first-order valence-electron chi connectivity index (χ1n) is 5.73. The summed E-state index contributed by atoms with van der Waals surface area (Å²) in [7, 11) is 3.96. The van der Waals surface area contributed by atoms with Crippen LogP contribution in [0, 0.1) is 6.92 Å². The number of benzene rings is 1. The Bertz CT molecular complexity index is 473. The summed E-state index contributed by atoms with van der Waals surface area (Å²) in [5.41, 5.74) is 2.39. The van der Waals surface area contributed by atoms with E-state index in [1.807, 2.05) is 33.2 Å². The molecule has 1 aromatic heterocycles. The van der Waals surface area contributed by atoms with Crippen LogP contribution in [-0.4, -0.2) is 14.1 Å².